The summed E-state index contributed by atoms with van der Waals surface area (Å²) < 4.78 is 0. The van der Waals surface area contributed by atoms with Crippen LogP contribution in [0, 0.1) is 11.8 Å². The molecule has 2 nitrogen and oxygen atoms in total. The van der Waals surface area contributed by atoms with E-state index in [2.05, 4.69) is 9.80 Å². The average molecular weight is 362 g/mol. The van der Waals surface area contributed by atoms with Crippen molar-refractivity contribution in [3.05, 3.63) is 0 Å². The maximum atomic E-state index is 2.87. The first-order valence-electron chi connectivity index (χ1n) is 7.90. The lowest BCUT2D eigenvalue weighted by Gasteiger charge is -2.57. The second-order valence-electron chi connectivity index (χ2n) is 6.87. The number of fused-ring (bicyclic) bond motifs is 6. The maximum absolute atomic E-state index is 2.87. The molecule has 18 heavy (non-hydrogen) atoms. The first kappa shape index (κ1) is 13.6. The highest BCUT2D eigenvalue weighted by atomic mass is 127. The van der Waals surface area contributed by atoms with Crippen LogP contribution in [0.1, 0.15) is 44.9 Å². The Morgan fingerprint density at radius 3 is 1.67 bits per heavy atom. The van der Waals surface area contributed by atoms with Gasteiger partial charge in [0, 0.05) is 25.2 Å². The van der Waals surface area contributed by atoms with Crippen LogP contribution >= 0.6 is 24.0 Å². The van der Waals surface area contributed by atoms with Crippen molar-refractivity contribution in [3.63, 3.8) is 0 Å². The van der Waals surface area contributed by atoms with E-state index >= 15 is 0 Å². The summed E-state index contributed by atoms with van der Waals surface area (Å²) in [6, 6.07) is 1.92. The van der Waals surface area contributed by atoms with Crippen LogP contribution in [0.3, 0.4) is 0 Å². The highest BCUT2D eigenvalue weighted by molar-refractivity contribution is 14.0. The molecule has 0 amide bonds. The molecule has 4 saturated heterocycles. The highest BCUT2D eigenvalue weighted by Gasteiger charge is 2.46. The topological polar surface area (TPSA) is 6.48 Å². The molecule has 104 valence electrons. The fraction of sp³-hybridized carbons (Fsp3) is 1.00. The minimum absolute atomic E-state index is 0. The van der Waals surface area contributed by atoms with E-state index in [1.54, 1.807) is 6.42 Å². The van der Waals surface area contributed by atoms with E-state index in [0.717, 1.165) is 23.9 Å². The Bertz CT molecular complexity index is 268. The Labute approximate surface area is 128 Å². The quantitative estimate of drug-likeness (QED) is 0.612. The molecule has 0 N–H and O–H groups in total. The minimum Gasteiger partial charge on any atom is -0.300 e. The molecule has 3 heteroatoms. The number of halogens is 1. The van der Waals surface area contributed by atoms with Gasteiger partial charge in [0.05, 0.1) is 0 Å². The molecule has 4 rings (SSSR count). The van der Waals surface area contributed by atoms with Gasteiger partial charge in [-0.25, -0.2) is 0 Å². The SMILES string of the molecule is C1CCN2CC3CC(CN4CCCC[C@H]34)[C@H]2C1.I. The van der Waals surface area contributed by atoms with E-state index in [0.29, 0.717) is 0 Å². The van der Waals surface area contributed by atoms with E-state index in [1.807, 2.05) is 0 Å². The summed E-state index contributed by atoms with van der Waals surface area (Å²) in [5.74, 6) is 2.03. The van der Waals surface area contributed by atoms with Gasteiger partial charge in [0.25, 0.3) is 0 Å². The van der Waals surface area contributed by atoms with Gasteiger partial charge in [0.2, 0.25) is 0 Å². The Kier molecular flexibility index (Phi) is 4.21. The zero-order chi connectivity index (χ0) is 11.2. The molecule has 0 spiro atoms. The van der Waals surface area contributed by atoms with Gasteiger partial charge in [-0.2, -0.15) is 0 Å². The number of rotatable bonds is 0. The summed E-state index contributed by atoms with van der Waals surface area (Å²) >= 11 is 0. The molecule has 4 aliphatic rings. The first-order valence-corrected chi connectivity index (χ1v) is 7.90. The maximum Gasteiger partial charge on any atom is 0.0136 e. The van der Waals surface area contributed by atoms with Crippen molar-refractivity contribution in [1.82, 2.24) is 9.80 Å². The third-order valence-electron chi connectivity index (χ3n) is 5.96. The van der Waals surface area contributed by atoms with Gasteiger partial charge in [-0.15, -0.1) is 24.0 Å². The van der Waals surface area contributed by atoms with Crippen molar-refractivity contribution in [3.8, 4) is 0 Å². The molecule has 4 fully saturated rings. The second-order valence-corrected chi connectivity index (χ2v) is 6.87. The number of piperidine rings is 4. The molecule has 0 radical (unpaired) electrons. The summed E-state index contributed by atoms with van der Waals surface area (Å²) in [4.78, 5) is 5.74. The average Bonchev–Trinajstić information content (AvgIpc) is 2.39. The third-order valence-corrected chi connectivity index (χ3v) is 5.96. The third kappa shape index (κ3) is 2.24. The van der Waals surface area contributed by atoms with Crippen molar-refractivity contribution < 1.29 is 0 Å². The molecule has 2 unspecified atom stereocenters. The number of hydrogen-bond acceptors (Lipinski definition) is 2. The molecule has 0 aromatic carbocycles. The van der Waals surface area contributed by atoms with E-state index in [9.17, 15) is 0 Å². The van der Waals surface area contributed by atoms with Crippen LogP contribution < -0.4 is 0 Å². The zero-order valence-corrected chi connectivity index (χ0v) is 13.7. The Morgan fingerprint density at radius 2 is 1.17 bits per heavy atom. The largest absolute Gasteiger partial charge is 0.300 e. The molecule has 2 bridgehead atoms. The van der Waals surface area contributed by atoms with Crippen LogP contribution in [0.5, 0.6) is 0 Å². The van der Waals surface area contributed by atoms with Gasteiger partial charge in [0.1, 0.15) is 0 Å². The smallest absolute Gasteiger partial charge is 0.0136 e. The highest BCUT2D eigenvalue weighted by Crippen LogP contribution is 2.42. The minimum atomic E-state index is 0. The molecule has 0 aromatic rings. The lowest BCUT2D eigenvalue weighted by Crippen LogP contribution is -2.63. The molecule has 4 heterocycles. The van der Waals surface area contributed by atoms with Crippen LogP contribution in [-0.4, -0.2) is 48.1 Å². The summed E-state index contributed by atoms with van der Waals surface area (Å²) in [6.07, 6.45) is 10.5. The van der Waals surface area contributed by atoms with Crippen molar-refractivity contribution in [2.45, 2.75) is 57.0 Å². The number of nitrogens with zero attached hydrogens (tertiary/aromatic N) is 2. The van der Waals surface area contributed by atoms with Gasteiger partial charge in [-0.3, -0.25) is 9.80 Å². The summed E-state index contributed by atoms with van der Waals surface area (Å²) in [7, 11) is 0. The van der Waals surface area contributed by atoms with Gasteiger partial charge in [-0.05, 0) is 57.0 Å². The fourth-order valence-electron chi connectivity index (χ4n) is 5.25. The van der Waals surface area contributed by atoms with Gasteiger partial charge in [-0.1, -0.05) is 12.8 Å². The van der Waals surface area contributed by atoms with E-state index in [4.69, 9.17) is 0 Å². The standard InChI is InChI=1S/C15H26N2.HI/c1-3-7-16-11-13-9-12(14(16)5-1)10-17-8-4-2-6-15(13)17;/h12-15H,1-11H2;1H/t12?,13?,14-,15-;/m1./s1. The lowest BCUT2D eigenvalue weighted by molar-refractivity contribution is -0.0718. The monoisotopic (exact) mass is 362 g/mol. The summed E-state index contributed by atoms with van der Waals surface area (Å²) in [5.41, 5.74) is 0. The predicted octanol–water partition coefficient (Wildman–Crippen LogP) is 2.96. The summed E-state index contributed by atoms with van der Waals surface area (Å²) in [6.45, 7) is 5.68. The van der Waals surface area contributed by atoms with E-state index in [1.165, 1.54) is 64.7 Å². The van der Waals surface area contributed by atoms with Crippen LogP contribution in [0.2, 0.25) is 0 Å². The van der Waals surface area contributed by atoms with Crippen LogP contribution in [-0.2, 0) is 0 Å². The molecule has 4 atom stereocenters. The van der Waals surface area contributed by atoms with Crippen molar-refractivity contribution >= 4 is 24.0 Å². The fourth-order valence-corrected chi connectivity index (χ4v) is 5.25. The molecule has 4 aliphatic heterocycles. The predicted molar refractivity (Wildman–Crippen MR) is 85.4 cm³/mol. The second kappa shape index (κ2) is 5.57. The van der Waals surface area contributed by atoms with Crippen molar-refractivity contribution in [1.29, 1.82) is 0 Å². The molecular weight excluding hydrogens is 335 g/mol. The van der Waals surface area contributed by atoms with Crippen LogP contribution in [0.25, 0.3) is 0 Å². The Hall–Kier alpha value is 0.650. The normalized spacial score (nSPS) is 44.7. The van der Waals surface area contributed by atoms with Gasteiger partial charge < -0.3 is 0 Å². The zero-order valence-electron chi connectivity index (χ0n) is 11.4. The van der Waals surface area contributed by atoms with Crippen molar-refractivity contribution in [2.24, 2.45) is 11.8 Å². The molecule has 0 aromatic heterocycles. The van der Waals surface area contributed by atoms with Crippen LogP contribution in [0.4, 0.5) is 0 Å². The van der Waals surface area contributed by atoms with Gasteiger partial charge >= 0.3 is 0 Å². The molecular formula is C15H27IN2. The first-order chi connectivity index (χ1) is 8.42. The lowest BCUT2D eigenvalue weighted by atomic mass is 9.71. The summed E-state index contributed by atoms with van der Waals surface area (Å²) in [5, 5.41) is 0. The molecule has 0 saturated carbocycles. The van der Waals surface area contributed by atoms with Crippen LogP contribution in [0.15, 0.2) is 0 Å². The number of hydrogen-bond donors (Lipinski definition) is 0. The van der Waals surface area contributed by atoms with E-state index in [-0.39, 0.29) is 24.0 Å². The van der Waals surface area contributed by atoms with Crippen molar-refractivity contribution in [2.75, 3.05) is 26.2 Å². The molecule has 0 aliphatic carbocycles. The van der Waals surface area contributed by atoms with Gasteiger partial charge in [0.15, 0.2) is 0 Å². The Morgan fingerprint density at radius 1 is 0.667 bits per heavy atom. The Balaban J connectivity index is 0.000001000. The van der Waals surface area contributed by atoms with E-state index < -0.39 is 0 Å².